The zero-order valence-corrected chi connectivity index (χ0v) is 27.2. The van der Waals surface area contributed by atoms with Gasteiger partial charge in [0, 0.05) is 84.5 Å². The number of carbonyl (C=O) groups excluding carboxylic acids is 3. The Morgan fingerprint density at radius 3 is 2.24 bits per heavy atom. The maximum absolute atomic E-state index is 14.0. The lowest BCUT2D eigenvalue weighted by molar-refractivity contribution is -0.142. The molecule has 11 heteroatoms. The summed E-state index contributed by atoms with van der Waals surface area (Å²) in [6, 6.07) is 12.0. The standard InChI is InChI=1S/C35H48N6O5.H2/c1-24-21-26(22-25(2)32(24)42)23-31(33(43)39-14-8-28(9-15-39)38-19-12-36-13-20-38)46-35(45)40-16-10-29(11-17-40)41-18-7-27-5-3-4-6-30(27)37-34(41)44;/h3-6,21-22,28-29,31,36,42H,7-20,23H2,1-2H3,(H,37,44);1H/t31-;/m1./s1. The Bertz CT molecular complexity index is 1400. The Hall–Kier alpha value is -3.83. The van der Waals surface area contributed by atoms with E-state index in [1.54, 1.807) is 4.90 Å². The van der Waals surface area contributed by atoms with Crippen molar-refractivity contribution in [3.63, 3.8) is 0 Å². The number of aromatic hydroxyl groups is 1. The van der Waals surface area contributed by atoms with E-state index in [0.717, 1.165) is 73.4 Å². The fraction of sp³-hybridized carbons (Fsp3) is 0.571. The van der Waals surface area contributed by atoms with Crippen LogP contribution in [-0.4, -0.2) is 120 Å². The van der Waals surface area contributed by atoms with Gasteiger partial charge in [-0.15, -0.1) is 0 Å². The molecule has 4 aliphatic rings. The topological polar surface area (TPSA) is 118 Å². The Kier molecular flexibility index (Phi) is 9.98. The third-order valence-corrected chi connectivity index (χ3v) is 10.2. The van der Waals surface area contributed by atoms with E-state index in [1.807, 2.05) is 60.0 Å². The normalized spacial score (nSPS) is 20.9. The molecule has 11 nitrogen and oxygen atoms in total. The number of urea groups is 1. The summed E-state index contributed by atoms with van der Waals surface area (Å²) in [5, 5.41) is 16.8. The number of hydrogen-bond acceptors (Lipinski definition) is 7. The van der Waals surface area contributed by atoms with Crippen molar-refractivity contribution in [2.24, 2.45) is 0 Å². The number of aryl methyl sites for hydroxylation is 2. The Morgan fingerprint density at radius 1 is 0.913 bits per heavy atom. The lowest BCUT2D eigenvalue weighted by Gasteiger charge is -2.41. The highest BCUT2D eigenvalue weighted by molar-refractivity contribution is 5.91. The SMILES string of the molecule is Cc1cc(C[C@@H](OC(=O)N2CCC(N3CCc4ccccc4NC3=O)CC2)C(=O)N2CCC(N3CCNCC3)CC2)cc(C)c1O.[HH]. The van der Waals surface area contributed by atoms with E-state index < -0.39 is 12.2 Å². The lowest BCUT2D eigenvalue weighted by Crippen LogP contribution is -2.54. The van der Waals surface area contributed by atoms with Crippen LogP contribution >= 0.6 is 0 Å². The monoisotopic (exact) mass is 634 g/mol. The first-order valence-corrected chi connectivity index (χ1v) is 16.9. The number of amides is 4. The van der Waals surface area contributed by atoms with E-state index in [4.69, 9.17) is 4.74 Å². The van der Waals surface area contributed by atoms with Crippen LogP contribution in [0, 0.1) is 13.8 Å². The van der Waals surface area contributed by atoms with Gasteiger partial charge in [-0.25, -0.2) is 9.59 Å². The van der Waals surface area contributed by atoms with Crippen LogP contribution in [0.25, 0.3) is 0 Å². The molecule has 0 bridgehead atoms. The van der Waals surface area contributed by atoms with Crippen LogP contribution < -0.4 is 10.6 Å². The number of benzene rings is 2. The van der Waals surface area contributed by atoms with E-state index in [9.17, 15) is 19.5 Å². The maximum atomic E-state index is 14.0. The van der Waals surface area contributed by atoms with Crippen LogP contribution in [0.2, 0.25) is 0 Å². The van der Waals surface area contributed by atoms with E-state index in [-0.39, 0.29) is 31.6 Å². The van der Waals surface area contributed by atoms with Crippen LogP contribution in [0.4, 0.5) is 15.3 Å². The average Bonchev–Trinajstić information content (AvgIpc) is 3.25. The van der Waals surface area contributed by atoms with Crippen molar-refractivity contribution in [1.82, 2.24) is 24.9 Å². The summed E-state index contributed by atoms with van der Waals surface area (Å²) in [6.07, 6.45) is 2.69. The summed E-state index contributed by atoms with van der Waals surface area (Å²) in [5.41, 5.74) is 4.29. The van der Waals surface area contributed by atoms with Gasteiger partial charge >= 0.3 is 12.1 Å². The van der Waals surface area contributed by atoms with E-state index in [0.29, 0.717) is 51.6 Å². The number of piperidine rings is 2. The molecule has 250 valence electrons. The molecule has 4 heterocycles. The number of rotatable bonds is 6. The van der Waals surface area contributed by atoms with Crippen molar-refractivity contribution in [3.05, 3.63) is 58.7 Å². The number of likely N-dealkylation sites (tertiary alicyclic amines) is 2. The minimum absolute atomic E-state index is 0. The summed E-state index contributed by atoms with van der Waals surface area (Å²) in [4.78, 5) is 48.6. The molecular weight excluding hydrogens is 584 g/mol. The van der Waals surface area contributed by atoms with Gasteiger partial charge in [0.25, 0.3) is 5.91 Å². The number of phenols is 1. The van der Waals surface area contributed by atoms with Crippen LogP contribution in [-0.2, 0) is 22.4 Å². The third kappa shape index (κ3) is 7.25. The van der Waals surface area contributed by atoms with Crippen molar-refractivity contribution in [1.29, 1.82) is 0 Å². The quantitative estimate of drug-likeness (QED) is 0.443. The summed E-state index contributed by atoms with van der Waals surface area (Å²) < 4.78 is 6.05. The van der Waals surface area contributed by atoms with Gasteiger partial charge in [0.1, 0.15) is 5.75 Å². The largest absolute Gasteiger partial charge is 0.507 e. The Labute approximate surface area is 273 Å². The molecule has 0 spiro atoms. The number of carbonyl (C=O) groups is 3. The molecule has 6 rings (SSSR count). The molecule has 2 aromatic rings. The predicted octanol–water partition coefficient (Wildman–Crippen LogP) is 3.75. The van der Waals surface area contributed by atoms with Gasteiger partial charge in [-0.1, -0.05) is 30.3 Å². The van der Waals surface area contributed by atoms with Crippen molar-refractivity contribution >= 4 is 23.7 Å². The van der Waals surface area contributed by atoms with E-state index >= 15 is 0 Å². The summed E-state index contributed by atoms with van der Waals surface area (Å²) in [5.74, 6) is 0.0784. The van der Waals surface area contributed by atoms with Crippen molar-refractivity contribution in [3.8, 4) is 5.75 Å². The van der Waals surface area contributed by atoms with Gasteiger partial charge in [0.2, 0.25) is 0 Å². The first kappa shape index (κ1) is 32.1. The van der Waals surface area contributed by atoms with Gasteiger partial charge in [-0.05, 0) is 74.3 Å². The number of nitrogens with zero attached hydrogens (tertiary/aromatic N) is 4. The molecule has 1 atom stereocenters. The molecule has 0 aliphatic carbocycles. The highest BCUT2D eigenvalue weighted by Crippen LogP contribution is 2.27. The molecule has 3 fully saturated rings. The zero-order chi connectivity index (χ0) is 32.2. The van der Waals surface area contributed by atoms with Gasteiger partial charge in [-0.3, -0.25) is 9.69 Å². The summed E-state index contributed by atoms with van der Waals surface area (Å²) in [6.45, 7) is 10.6. The van der Waals surface area contributed by atoms with Crippen LogP contribution in [0.15, 0.2) is 36.4 Å². The maximum Gasteiger partial charge on any atom is 0.410 e. The van der Waals surface area contributed by atoms with Crippen molar-refractivity contribution in [2.75, 3.05) is 64.2 Å². The smallest absolute Gasteiger partial charge is 0.410 e. The van der Waals surface area contributed by atoms with Gasteiger partial charge in [0.15, 0.2) is 6.10 Å². The molecule has 0 unspecified atom stereocenters. The molecule has 3 saturated heterocycles. The number of hydrogen-bond donors (Lipinski definition) is 3. The highest BCUT2D eigenvalue weighted by Gasteiger charge is 2.36. The van der Waals surface area contributed by atoms with Crippen molar-refractivity contribution < 1.29 is 25.7 Å². The molecule has 0 radical (unpaired) electrons. The number of fused-ring (bicyclic) bond motifs is 1. The van der Waals surface area contributed by atoms with Crippen LogP contribution in [0.5, 0.6) is 5.75 Å². The lowest BCUT2D eigenvalue weighted by atomic mass is 9.98. The number of phenolic OH excluding ortho intramolecular Hbond substituents is 1. The zero-order valence-electron chi connectivity index (χ0n) is 27.2. The first-order valence-electron chi connectivity index (χ1n) is 16.9. The van der Waals surface area contributed by atoms with Gasteiger partial charge in [-0.2, -0.15) is 0 Å². The van der Waals surface area contributed by atoms with Crippen LogP contribution in [0.1, 0.15) is 49.4 Å². The second-order valence-corrected chi connectivity index (χ2v) is 13.2. The van der Waals surface area contributed by atoms with E-state index in [1.165, 1.54) is 0 Å². The van der Waals surface area contributed by atoms with Crippen LogP contribution in [0.3, 0.4) is 0 Å². The summed E-state index contributed by atoms with van der Waals surface area (Å²) >= 11 is 0. The second kappa shape index (κ2) is 14.3. The molecule has 4 aliphatic heterocycles. The Morgan fingerprint density at radius 2 is 1.54 bits per heavy atom. The van der Waals surface area contributed by atoms with Gasteiger partial charge in [0.05, 0.1) is 0 Å². The Balaban J connectivity index is 0.00000433. The molecule has 2 aromatic carbocycles. The number of piperazine rings is 1. The molecule has 3 N–H and O–H groups in total. The number of ether oxygens (including phenoxy) is 1. The molecule has 46 heavy (non-hydrogen) atoms. The minimum atomic E-state index is -0.959. The highest BCUT2D eigenvalue weighted by atomic mass is 16.6. The second-order valence-electron chi connectivity index (χ2n) is 13.2. The number of anilines is 1. The average molecular weight is 635 g/mol. The van der Waals surface area contributed by atoms with E-state index in [2.05, 4.69) is 15.5 Å². The van der Waals surface area contributed by atoms with Gasteiger partial charge < -0.3 is 35.2 Å². The first-order chi connectivity index (χ1) is 22.3. The molecular formula is C35H50N6O5. The molecule has 4 amide bonds. The number of para-hydroxylation sites is 1. The van der Waals surface area contributed by atoms with Crippen molar-refractivity contribution in [2.45, 2.75) is 70.6 Å². The third-order valence-electron chi connectivity index (χ3n) is 10.2. The summed E-state index contributed by atoms with van der Waals surface area (Å²) in [7, 11) is 0. The molecule has 0 saturated carbocycles. The molecule has 0 aromatic heterocycles. The fourth-order valence-electron chi connectivity index (χ4n) is 7.55. The predicted molar refractivity (Wildman–Crippen MR) is 178 cm³/mol. The fourth-order valence-corrected chi connectivity index (χ4v) is 7.55. The number of nitrogens with one attached hydrogen (secondary N) is 2. The minimum Gasteiger partial charge on any atom is -0.507 e.